The van der Waals surface area contributed by atoms with Gasteiger partial charge in [0.25, 0.3) is 0 Å². The lowest BCUT2D eigenvalue weighted by molar-refractivity contribution is 0.141. The first kappa shape index (κ1) is 19.1. The van der Waals surface area contributed by atoms with Gasteiger partial charge in [-0.2, -0.15) is 0 Å². The third kappa shape index (κ3) is 4.88. The zero-order chi connectivity index (χ0) is 18.2. The molecule has 4 N–H and O–H groups in total. The van der Waals surface area contributed by atoms with Crippen LogP contribution in [0.5, 0.6) is 0 Å². The molecule has 1 aromatic rings. The minimum absolute atomic E-state index is 0.0220. The lowest BCUT2D eigenvalue weighted by Gasteiger charge is -2.21. The van der Waals surface area contributed by atoms with Crippen molar-refractivity contribution >= 4 is 23.8 Å². The molecule has 1 heterocycles. The minimum atomic E-state index is -0.520. The molecule has 1 aliphatic heterocycles. The summed E-state index contributed by atoms with van der Waals surface area (Å²) in [4.78, 5) is 14.8. The second-order valence-electron chi connectivity index (χ2n) is 5.61. The number of cyclic esters (lactones) is 1. The molecule has 0 spiro atoms. The number of halogens is 1. The molecule has 1 atom stereocenters. The average molecular weight is 353 g/mol. The van der Waals surface area contributed by atoms with E-state index in [4.69, 9.17) is 15.3 Å². The van der Waals surface area contributed by atoms with Gasteiger partial charge in [0.05, 0.1) is 30.9 Å². The fourth-order valence-corrected chi connectivity index (χ4v) is 2.62. The Balaban J connectivity index is 2.06. The van der Waals surface area contributed by atoms with Gasteiger partial charge < -0.3 is 25.4 Å². The van der Waals surface area contributed by atoms with Gasteiger partial charge in [-0.1, -0.05) is 0 Å². The second kappa shape index (κ2) is 9.30. The van der Waals surface area contributed by atoms with Crippen molar-refractivity contribution in [1.82, 2.24) is 10.6 Å². The maximum Gasteiger partial charge on any atom is 0.414 e. The molecule has 2 rings (SSSR count). The molecule has 9 heteroatoms. The van der Waals surface area contributed by atoms with Crippen molar-refractivity contribution in [2.75, 3.05) is 56.2 Å². The summed E-state index contributed by atoms with van der Waals surface area (Å²) in [5, 5.41) is 22.1. The van der Waals surface area contributed by atoms with Crippen LogP contribution in [-0.2, 0) is 4.74 Å². The molecule has 138 valence electrons. The van der Waals surface area contributed by atoms with E-state index in [9.17, 15) is 9.18 Å². The Morgan fingerprint density at radius 2 is 2.32 bits per heavy atom. The number of aliphatic hydroxyl groups excluding tert-OH is 1. The van der Waals surface area contributed by atoms with Crippen LogP contribution >= 0.6 is 0 Å². The lowest BCUT2D eigenvalue weighted by atomic mass is 10.2. The van der Waals surface area contributed by atoms with Gasteiger partial charge in [0.15, 0.2) is 0 Å². The van der Waals surface area contributed by atoms with Crippen molar-refractivity contribution < 1.29 is 19.0 Å². The third-order valence-corrected chi connectivity index (χ3v) is 3.83. The van der Waals surface area contributed by atoms with Crippen molar-refractivity contribution in [2.24, 2.45) is 0 Å². The van der Waals surface area contributed by atoms with E-state index in [1.165, 1.54) is 15.9 Å². The minimum Gasteiger partial charge on any atom is -0.443 e. The van der Waals surface area contributed by atoms with Crippen LogP contribution in [0.1, 0.15) is 0 Å². The van der Waals surface area contributed by atoms with Gasteiger partial charge in [-0.05, 0) is 25.2 Å². The molecule has 0 aliphatic carbocycles. The number of ether oxygens (including phenoxy) is 1. The molecular weight excluding hydrogens is 329 g/mol. The zero-order valence-electron chi connectivity index (χ0n) is 14.2. The number of carbonyl (C=O) groups excluding carboxylic acids is 1. The fourth-order valence-electron chi connectivity index (χ4n) is 2.62. The number of carbonyl (C=O) groups is 1. The van der Waals surface area contributed by atoms with Gasteiger partial charge >= 0.3 is 6.09 Å². The Morgan fingerprint density at radius 3 is 2.96 bits per heavy atom. The zero-order valence-corrected chi connectivity index (χ0v) is 14.2. The van der Waals surface area contributed by atoms with Gasteiger partial charge in [0.1, 0.15) is 11.9 Å². The van der Waals surface area contributed by atoms with E-state index >= 15 is 0 Å². The smallest absolute Gasteiger partial charge is 0.414 e. The van der Waals surface area contributed by atoms with Crippen LogP contribution in [0.3, 0.4) is 0 Å². The highest BCUT2D eigenvalue weighted by Gasteiger charge is 2.32. The molecule has 1 saturated heterocycles. The van der Waals surface area contributed by atoms with Crippen LogP contribution in [0.25, 0.3) is 0 Å². The Labute approximate surface area is 146 Å². The second-order valence-corrected chi connectivity index (χ2v) is 5.61. The maximum absolute atomic E-state index is 14.5. The first-order chi connectivity index (χ1) is 12.1. The van der Waals surface area contributed by atoms with Crippen molar-refractivity contribution in [3.8, 4) is 0 Å². The van der Waals surface area contributed by atoms with Gasteiger partial charge in [0, 0.05) is 26.2 Å². The summed E-state index contributed by atoms with van der Waals surface area (Å²) in [5.41, 5.74) is 0.678. The van der Waals surface area contributed by atoms with Crippen LogP contribution in [0, 0.1) is 11.2 Å². The Hall–Kier alpha value is -2.23. The van der Waals surface area contributed by atoms with Gasteiger partial charge in [0.2, 0.25) is 0 Å². The number of nitrogens with one attached hydrogen (secondary N) is 3. The maximum atomic E-state index is 14.5. The highest BCUT2D eigenvalue weighted by molar-refractivity contribution is 5.90. The van der Waals surface area contributed by atoms with E-state index in [0.29, 0.717) is 38.4 Å². The number of benzene rings is 1. The predicted octanol–water partition coefficient (Wildman–Crippen LogP) is 0.366. The number of rotatable bonds is 10. The first-order valence-corrected chi connectivity index (χ1v) is 8.11. The molecule has 1 unspecified atom stereocenters. The van der Waals surface area contributed by atoms with Crippen LogP contribution in [-0.4, -0.2) is 70.0 Å². The van der Waals surface area contributed by atoms with Gasteiger partial charge in [-0.3, -0.25) is 10.3 Å². The van der Waals surface area contributed by atoms with E-state index in [0.717, 1.165) is 6.34 Å². The highest BCUT2D eigenvalue weighted by atomic mass is 19.1. The standard InChI is InChI=1S/C16H24FN5O3/c1-19-9-13-10-22(16(24)25-13)12-2-3-15(14(17)8-12)21(11-18)6-4-20-5-7-23/h2-3,8,11,13,18-20,23H,4-7,9-10H2,1H3. The normalized spacial score (nSPS) is 16.8. The summed E-state index contributed by atoms with van der Waals surface area (Å²) in [7, 11) is 1.77. The van der Waals surface area contributed by atoms with E-state index in [1.807, 2.05) is 0 Å². The van der Waals surface area contributed by atoms with E-state index < -0.39 is 11.9 Å². The molecule has 0 radical (unpaired) electrons. The number of nitrogens with zero attached hydrogens (tertiary/aromatic N) is 2. The lowest BCUT2D eigenvalue weighted by Crippen LogP contribution is -2.33. The highest BCUT2D eigenvalue weighted by Crippen LogP contribution is 2.27. The summed E-state index contributed by atoms with van der Waals surface area (Å²) in [6, 6.07) is 4.45. The quantitative estimate of drug-likeness (QED) is 0.275. The van der Waals surface area contributed by atoms with Crippen molar-refractivity contribution in [3.63, 3.8) is 0 Å². The van der Waals surface area contributed by atoms with Crippen LogP contribution < -0.4 is 20.4 Å². The fraction of sp³-hybridized carbons (Fsp3) is 0.500. The molecule has 1 amide bonds. The van der Waals surface area contributed by atoms with Crippen molar-refractivity contribution in [1.29, 1.82) is 5.41 Å². The molecule has 0 aromatic heterocycles. The topological polar surface area (TPSA) is 101 Å². The third-order valence-electron chi connectivity index (χ3n) is 3.83. The Kier molecular flexibility index (Phi) is 7.11. The van der Waals surface area contributed by atoms with Crippen LogP contribution in [0.4, 0.5) is 20.6 Å². The van der Waals surface area contributed by atoms with E-state index in [2.05, 4.69) is 10.6 Å². The molecule has 1 fully saturated rings. The van der Waals surface area contributed by atoms with Gasteiger partial charge in [-0.15, -0.1) is 0 Å². The molecule has 25 heavy (non-hydrogen) atoms. The molecule has 0 bridgehead atoms. The average Bonchev–Trinajstić information content (AvgIpc) is 2.96. The Bertz CT molecular complexity index is 601. The number of anilines is 2. The van der Waals surface area contributed by atoms with E-state index in [1.54, 1.807) is 19.2 Å². The molecule has 1 aromatic carbocycles. The number of hydrogen-bond acceptors (Lipinski definition) is 6. The number of amides is 1. The number of likely N-dealkylation sites (N-methyl/N-ethyl adjacent to an activating group) is 1. The summed E-state index contributed by atoms with van der Waals surface area (Å²) < 4.78 is 19.7. The number of aliphatic hydroxyl groups is 1. The summed E-state index contributed by atoms with van der Waals surface area (Å²) in [5.74, 6) is -0.520. The first-order valence-electron chi connectivity index (χ1n) is 8.11. The van der Waals surface area contributed by atoms with Crippen molar-refractivity contribution in [3.05, 3.63) is 24.0 Å². The van der Waals surface area contributed by atoms with Crippen LogP contribution in [0.2, 0.25) is 0 Å². The molecular formula is C16H24FN5O3. The molecule has 0 saturated carbocycles. The predicted molar refractivity (Wildman–Crippen MR) is 94.0 cm³/mol. The van der Waals surface area contributed by atoms with E-state index in [-0.39, 0.29) is 18.4 Å². The van der Waals surface area contributed by atoms with Gasteiger partial charge in [-0.25, -0.2) is 9.18 Å². The molecule has 1 aliphatic rings. The summed E-state index contributed by atoms with van der Waals surface area (Å²) in [6.45, 7) is 2.24. The van der Waals surface area contributed by atoms with Crippen molar-refractivity contribution in [2.45, 2.75) is 6.10 Å². The van der Waals surface area contributed by atoms with Crippen LogP contribution in [0.15, 0.2) is 18.2 Å². The Morgan fingerprint density at radius 1 is 1.52 bits per heavy atom. The largest absolute Gasteiger partial charge is 0.443 e. The summed E-state index contributed by atoms with van der Waals surface area (Å²) in [6.07, 6.45) is 0.284. The monoisotopic (exact) mass is 353 g/mol. The summed E-state index contributed by atoms with van der Waals surface area (Å²) >= 11 is 0. The SMILES string of the molecule is CNCC1CN(c2ccc(N(C=N)CCNCCO)c(F)c2)C(=O)O1. The number of hydrogen-bond donors (Lipinski definition) is 4. The molecule has 8 nitrogen and oxygen atoms in total.